The summed E-state index contributed by atoms with van der Waals surface area (Å²) in [6.45, 7) is 10.8. The number of hydrogen-bond acceptors (Lipinski definition) is 5. The molecule has 0 aliphatic carbocycles. The van der Waals surface area contributed by atoms with Crippen molar-refractivity contribution in [2.45, 2.75) is 40.2 Å². The van der Waals surface area contributed by atoms with Crippen molar-refractivity contribution in [2.75, 3.05) is 32.8 Å². The number of Topliss-reactive ketones (excluding diaryl/α,β-unsaturated/α-hetero) is 1. The van der Waals surface area contributed by atoms with Crippen LogP contribution in [0.1, 0.15) is 49.9 Å². The van der Waals surface area contributed by atoms with Gasteiger partial charge in [0, 0.05) is 18.7 Å². The van der Waals surface area contributed by atoms with Crippen molar-refractivity contribution in [3.63, 3.8) is 0 Å². The summed E-state index contributed by atoms with van der Waals surface area (Å²) in [5.74, 6) is -1.62. The molecule has 0 aromatic heterocycles. The largest absolute Gasteiger partial charge is 0.507 e. The minimum Gasteiger partial charge on any atom is -0.507 e. The zero-order valence-corrected chi connectivity index (χ0v) is 20.3. The van der Waals surface area contributed by atoms with E-state index in [4.69, 9.17) is 4.74 Å². The van der Waals surface area contributed by atoms with E-state index in [2.05, 4.69) is 4.90 Å². The van der Waals surface area contributed by atoms with Crippen LogP contribution in [0.3, 0.4) is 0 Å². The minimum atomic E-state index is -0.778. The van der Waals surface area contributed by atoms with Crippen LogP contribution in [0.15, 0.2) is 48.0 Å². The summed E-state index contributed by atoms with van der Waals surface area (Å²) in [5.41, 5.74) is 1.24. The number of aliphatic hydroxyl groups is 1. The fourth-order valence-electron chi connectivity index (χ4n) is 4.11. The van der Waals surface area contributed by atoms with E-state index < -0.39 is 23.5 Å². The van der Waals surface area contributed by atoms with E-state index in [9.17, 15) is 19.1 Å². The third-order valence-corrected chi connectivity index (χ3v) is 6.21. The van der Waals surface area contributed by atoms with Crippen molar-refractivity contribution in [1.29, 1.82) is 0 Å². The molecule has 1 atom stereocenters. The number of likely N-dealkylation sites (N-methyl/N-ethyl adjacent to an activating group) is 1. The number of halogens is 1. The van der Waals surface area contributed by atoms with Crippen LogP contribution in [0, 0.1) is 12.7 Å². The quantitative estimate of drug-likeness (QED) is 0.311. The van der Waals surface area contributed by atoms with E-state index in [1.165, 1.54) is 17.0 Å². The van der Waals surface area contributed by atoms with Crippen molar-refractivity contribution in [3.8, 4) is 5.75 Å². The number of ketones is 1. The van der Waals surface area contributed by atoms with E-state index in [0.717, 1.165) is 19.5 Å². The van der Waals surface area contributed by atoms with Crippen LogP contribution in [0.4, 0.5) is 4.39 Å². The summed E-state index contributed by atoms with van der Waals surface area (Å²) in [6, 6.07) is 10.7. The van der Waals surface area contributed by atoms with Gasteiger partial charge in [0.05, 0.1) is 18.2 Å². The Morgan fingerprint density at radius 3 is 2.35 bits per heavy atom. The van der Waals surface area contributed by atoms with Gasteiger partial charge >= 0.3 is 0 Å². The maximum atomic E-state index is 14.2. The molecule has 1 N–H and O–H groups in total. The number of rotatable bonds is 10. The molecule has 7 heteroatoms. The molecule has 6 nitrogen and oxygen atoms in total. The topological polar surface area (TPSA) is 70.1 Å². The van der Waals surface area contributed by atoms with Gasteiger partial charge < -0.3 is 19.6 Å². The zero-order chi connectivity index (χ0) is 24.8. The summed E-state index contributed by atoms with van der Waals surface area (Å²) in [5, 5.41) is 11.1. The Labute approximate surface area is 200 Å². The van der Waals surface area contributed by atoms with Gasteiger partial charge in [-0.1, -0.05) is 45.0 Å². The van der Waals surface area contributed by atoms with Crippen molar-refractivity contribution in [2.24, 2.45) is 0 Å². The molecule has 0 saturated carbocycles. The third kappa shape index (κ3) is 5.30. The summed E-state index contributed by atoms with van der Waals surface area (Å²) >= 11 is 0. The van der Waals surface area contributed by atoms with Crippen molar-refractivity contribution in [3.05, 3.63) is 70.5 Å². The number of benzene rings is 2. The molecule has 1 unspecified atom stereocenters. The number of aliphatic hydroxyl groups excluding tert-OH is 1. The molecule has 2 aromatic rings. The molecule has 3 rings (SSSR count). The van der Waals surface area contributed by atoms with E-state index in [1.54, 1.807) is 37.3 Å². The number of ether oxygens (including phenoxy) is 1. The Morgan fingerprint density at radius 1 is 1.09 bits per heavy atom. The van der Waals surface area contributed by atoms with E-state index in [0.29, 0.717) is 36.6 Å². The maximum Gasteiger partial charge on any atom is 0.295 e. The van der Waals surface area contributed by atoms with Gasteiger partial charge in [0.1, 0.15) is 17.3 Å². The normalized spacial score (nSPS) is 17.6. The first-order valence-electron chi connectivity index (χ1n) is 11.8. The highest BCUT2D eigenvalue weighted by atomic mass is 19.1. The van der Waals surface area contributed by atoms with Crippen LogP contribution in [-0.4, -0.2) is 59.4 Å². The molecule has 1 heterocycles. The molecular weight excluding hydrogens is 435 g/mol. The molecule has 1 amide bonds. The molecule has 0 spiro atoms. The Bertz CT molecular complexity index is 1060. The monoisotopic (exact) mass is 468 g/mol. The van der Waals surface area contributed by atoms with E-state index in [-0.39, 0.29) is 16.9 Å². The van der Waals surface area contributed by atoms with Crippen LogP contribution < -0.4 is 4.74 Å². The van der Waals surface area contributed by atoms with Gasteiger partial charge in [-0.05, 0) is 55.8 Å². The number of likely N-dealkylation sites (tertiary alicyclic amines) is 1. The molecule has 1 aliphatic rings. The van der Waals surface area contributed by atoms with E-state index >= 15 is 0 Å². The lowest BCUT2D eigenvalue weighted by Gasteiger charge is -2.28. The van der Waals surface area contributed by atoms with Crippen LogP contribution in [0.2, 0.25) is 0 Å². The van der Waals surface area contributed by atoms with Gasteiger partial charge in [-0.15, -0.1) is 0 Å². The fraction of sp³-hybridized carbons (Fsp3) is 0.407. The Kier molecular flexibility index (Phi) is 8.45. The average Bonchev–Trinajstić information content (AvgIpc) is 3.10. The van der Waals surface area contributed by atoms with Gasteiger partial charge in [-0.2, -0.15) is 0 Å². The molecule has 0 radical (unpaired) electrons. The predicted molar refractivity (Wildman–Crippen MR) is 130 cm³/mol. The second kappa shape index (κ2) is 11.3. The van der Waals surface area contributed by atoms with Gasteiger partial charge in [0.15, 0.2) is 0 Å². The van der Waals surface area contributed by atoms with Gasteiger partial charge in [0.25, 0.3) is 11.7 Å². The second-order valence-corrected chi connectivity index (χ2v) is 8.40. The summed E-state index contributed by atoms with van der Waals surface area (Å²) in [7, 11) is 0. The average molecular weight is 469 g/mol. The molecular formula is C27H33FN2O4. The zero-order valence-electron chi connectivity index (χ0n) is 20.3. The van der Waals surface area contributed by atoms with Crippen LogP contribution in [-0.2, 0) is 9.59 Å². The molecule has 1 fully saturated rings. The maximum absolute atomic E-state index is 14.2. The molecule has 1 aliphatic heterocycles. The molecule has 0 bridgehead atoms. The molecule has 34 heavy (non-hydrogen) atoms. The third-order valence-electron chi connectivity index (χ3n) is 6.21. The predicted octanol–water partition coefficient (Wildman–Crippen LogP) is 4.69. The standard InChI is InChI=1S/C27H33FN2O4/c1-5-16-34-21-12-10-19(11-13-21)24-23(25(31)20-9-8-18(4)22(28)17-20)26(32)27(33)30(24)15-14-29(6-2)7-3/h8-13,17,24,31H,5-7,14-16H2,1-4H3. The summed E-state index contributed by atoms with van der Waals surface area (Å²) < 4.78 is 19.9. The van der Waals surface area contributed by atoms with Gasteiger partial charge in [-0.25, -0.2) is 4.39 Å². The van der Waals surface area contributed by atoms with Crippen molar-refractivity contribution >= 4 is 17.4 Å². The number of amides is 1. The highest BCUT2D eigenvalue weighted by Crippen LogP contribution is 2.39. The van der Waals surface area contributed by atoms with Crippen LogP contribution in [0.5, 0.6) is 5.75 Å². The number of carbonyl (C=O) groups is 2. The van der Waals surface area contributed by atoms with Crippen LogP contribution in [0.25, 0.3) is 5.76 Å². The summed E-state index contributed by atoms with van der Waals surface area (Å²) in [4.78, 5) is 29.8. The highest BCUT2D eigenvalue weighted by molar-refractivity contribution is 6.46. The number of hydrogen-bond donors (Lipinski definition) is 1. The number of nitrogens with zero attached hydrogens (tertiary/aromatic N) is 2. The Balaban J connectivity index is 2.07. The lowest BCUT2D eigenvalue weighted by Crippen LogP contribution is -2.38. The lowest BCUT2D eigenvalue weighted by atomic mass is 9.95. The van der Waals surface area contributed by atoms with Gasteiger partial charge in [0.2, 0.25) is 0 Å². The Morgan fingerprint density at radius 2 is 1.76 bits per heavy atom. The lowest BCUT2D eigenvalue weighted by molar-refractivity contribution is -0.140. The first-order chi connectivity index (χ1) is 16.3. The van der Waals surface area contributed by atoms with Crippen molar-refractivity contribution in [1.82, 2.24) is 9.80 Å². The number of carbonyl (C=O) groups excluding carboxylic acids is 2. The summed E-state index contributed by atoms with van der Waals surface area (Å²) in [6.07, 6.45) is 0.875. The fourth-order valence-corrected chi connectivity index (χ4v) is 4.11. The SMILES string of the molecule is CCCOc1ccc(C2C(=C(O)c3ccc(C)c(F)c3)C(=O)C(=O)N2CCN(CC)CC)cc1. The first-order valence-corrected chi connectivity index (χ1v) is 11.8. The molecule has 182 valence electrons. The number of aryl methyl sites for hydroxylation is 1. The van der Waals surface area contributed by atoms with Crippen molar-refractivity contribution < 1.29 is 23.8 Å². The molecule has 1 saturated heterocycles. The smallest absolute Gasteiger partial charge is 0.295 e. The van der Waals surface area contributed by atoms with E-state index in [1.807, 2.05) is 20.8 Å². The first kappa shape index (κ1) is 25.4. The molecule has 2 aromatic carbocycles. The second-order valence-electron chi connectivity index (χ2n) is 8.40. The van der Waals surface area contributed by atoms with Gasteiger partial charge in [-0.3, -0.25) is 9.59 Å². The minimum absolute atomic E-state index is 0.0324. The van der Waals surface area contributed by atoms with Crippen LogP contribution >= 0.6 is 0 Å². The highest BCUT2D eigenvalue weighted by Gasteiger charge is 2.46. The Hall–Kier alpha value is -3.19.